The number of benzene rings is 1. The molecule has 5 heteroatoms. The van der Waals surface area contributed by atoms with Gasteiger partial charge in [-0.1, -0.05) is 32.0 Å². The number of amides is 1. The molecule has 144 valence electrons. The van der Waals surface area contributed by atoms with Crippen LogP contribution in [-0.2, 0) is 14.3 Å². The zero-order valence-electron chi connectivity index (χ0n) is 16.4. The standard InChI is InChI=1S/C21H31NO4/c1-5-16-26-19-11-9-8-10-18(19)12-13-20(23)22(17(4)6-2)15-14-21(24)25-7-3/h8-13,17H,5-7,14-16H2,1-4H3/b13-12+. The summed E-state index contributed by atoms with van der Waals surface area (Å²) in [5, 5.41) is 0. The first-order chi connectivity index (χ1) is 12.5. The van der Waals surface area contributed by atoms with E-state index in [-0.39, 0.29) is 24.3 Å². The second-order valence-electron chi connectivity index (χ2n) is 6.06. The molecule has 0 aliphatic heterocycles. The maximum Gasteiger partial charge on any atom is 0.307 e. The average molecular weight is 361 g/mol. The lowest BCUT2D eigenvalue weighted by molar-refractivity contribution is -0.144. The lowest BCUT2D eigenvalue weighted by Crippen LogP contribution is -2.38. The maximum absolute atomic E-state index is 12.7. The summed E-state index contributed by atoms with van der Waals surface area (Å²) in [7, 11) is 0. The van der Waals surface area contributed by atoms with Gasteiger partial charge in [0.05, 0.1) is 19.6 Å². The molecule has 0 saturated heterocycles. The number of carbonyl (C=O) groups excluding carboxylic acids is 2. The second-order valence-corrected chi connectivity index (χ2v) is 6.06. The largest absolute Gasteiger partial charge is 0.493 e. The Morgan fingerprint density at radius 1 is 1.19 bits per heavy atom. The van der Waals surface area contributed by atoms with E-state index in [0.29, 0.717) is 19.8 Å². The van der Waals surface area contributed by atoms with Crippen molar-refractivity contribution in [2.75, 3.05) is 19.8 Å². The van der Waals surface area contributed by atoms with Crippen LogP contribution < -0.4 is 4.74 Å². The van der Waals surface area contributed by atoms with E-state index in [9.17, 15) is 9.59 Å². The van der Waals surface area contributed by atoms with Crippen LogP contribution >= 0.6 is 0 Å². The van der Waals surface area contributed by atoms with Crippen LogP contribution in [0.25, 0.3) is 6.08 Å². The van der Waals surface area contributed by atoms with Crippen molar-refractivity contribution in [2.24, 2.45) is 0 Å². The first-order valence-electron chi connectivity index (χ1n) is 9.39. The van der Waals surface area contributed by atoms with Gasteiger partial charge in [0.2, 0.25) is 5.91 Å². The Morgan fingerprint density at radius 2 is 1.92 bits per heavy atom. The van der Waals surface area contributed by atoms with Crippen LogP contribution in [0.15, 0.2) is 30.3 Å². The van der Waals surface area contributed by atoms with Gasteiger partial charge in [0, 0.05) is 24.2 Å². The molecule has 0 N–H and O–H groups in total. The number of hydrogen-bond donors (Lipinski definition) is 0. The fraction of sp³-hybridized carbons (Fsp3) is 0.524. The van der Waals surface area contributed by atoms with Crippen LogP contribution in [0.2, 0.25) is 0 Å². The zero-order valence-corrected chi connectivity index (χ0v) is 16.4. The zero-order chi connectivity index (χ0) is 19.4. The monoisotopic (exact) mass is 361 g/mol. The Hall–Kier alpha value is -2.30. The first kappa shape index (κ1) is 21.7. The van der Waals surface area contributed by atoms with Crippen LogP contribution in [0, 0.1) is 0 Å². The molecule has 1 rings (SSSR count). The van der Waals surface area contributed by atoms with Gasteiger partial charge >= 0.3 is 5.97 Å². The van der Waals surface area contributed by atoms with Crippen LogP contribution in [0.4, 0.5) is 0 Å². The third-order valence-electron chi connectivity index (χ3n) is 4.05. The van der Waals surface area contributed by atoms with Gasteiger partial charge in [0.15, 0.2) is 0 Å². The molecule has 0 bridgehead atoms. The van der Waals surface area contributed by atoms with Gasteiger partial charge in [0.25, 0.3) is 0 Å². The Bertz CT molecular complexity index is 597. The fourth-order valence-electron chi connectivity index (χ4n) is 2.43. The molecule has 0 aromatic heterocycles. The molecule has 1 atom stereocenters. The topological polar surface area (TPSA) is 55.8 Å². The molecule has 1 unspecified atom stereocenters. The van der Waals surface area contributed by atoms with Gasteiger partial charge in [-0.05, 0) is 38.8 Å². The minimum Gasteiger partial charge on any atom is -0.493 e. The van der Waals surface area contributed by atoms with Gasteiger partial charge in [-0.3, -0.25) is 9.59 Å². The number of carbonyl (C=O) groups is 2. The minimum atomic E-state index is -0.282. The van der Waals surface area contributed by atoms with E-state index in [2.05, 4.69) is 6.92 Å². The summed E-state index contributed by atoms with van der Waals surface area (Å²) in [4.78, 5) is 26.0. The summed E-state index contributed by atoms with van der Waals surface area (Å²) in [6.07, 6.45) is 5.26. The molecule has 1 aromatic rings. The predicted molar refractivity (Wildman–Crippen MR) is 104 cm³/mol. The smallest absolute Gasteiger partial charge is 0.307 e. The molecule has 0 fully saturated rings. The van der Waals surface area contributed by atoms with Crippen molar-refractivity contribution in [3.63, 3.8) is 0 Å². The number of nitrogens with zero attached hydrogens (tertiary/aromatic N) is 1. The van der Waals surface area contributed by atoms with Crippen LogP contribution in [0.1, 0.15) is 52.5 Å². The van der Waals surface area contributed by atoms with Crippen molar-refractivity contribution < 1.29 is 19.1 Å². The van der Waals surface area contributed by atoms with Crippen molar-refractivity contribution in [3.05, 3.63) is 35.9 Å². The molecule has 0 aliphatic carbocycles. The Labute approximate surface area is 157 Å². The van der Waals surface area contributed by atoms with E-state index < -0.39 is 0 Å². The highest BCUT2D eigenvalue weighted by Crippen LogP contribution is 2.20. The minimum absolute atomic E-state index is 0.0492. The molecule has 0 heterocycles. The molecule has 0 saturated carbocycles. The number of para-hydroxylation sites is 1. The third kappa shape index (κ3) is 7.30. The molecule has 0 radical (unpaired) electrons. The van der Waals surface area contributed by atoms with Crippen LogP contribution in [0.5, 0.6) is 5.75 Å². The van der Waals surface area contributed by atoms with Crippen molar-refractivity contribution in [1.29, 1.82) is 0 Å². The van der Waals surface area contributed by atoms with Crippen molar-refractivity contribution in [3.8, 4) is 5.75 Å². The number of hydrogen-bond acceptors (Lipinski definition) is 4. The second kappa shape index (κ2) is 12.1. The molecule has 1 aromatic carbocycles. The predicted octanol–water partition coefficient (Wildman–Crippen LogP) is 4.07. The highest BCUT2D eigenvalue weighted by atomic mass is 16.5. The van der Waals surface area contributed by atoms with E-state index in [1.165, 1.54) is 0 Å². The third-order valence-corrected chi connectivity index (χ3v) is 4.05. The summed E-state index contributed by atoms with van der Waals surface area (Å²) < 4.78 is 10.7. The van der Waals surface area contributed by atoms with Gasteiger partial charge < -0.3 is 14.4 Å². The molecular weight excluding hydrogens is 330 g/mol. The highest BCUT2D eigenvalue weighted by Gasteiger charge is 2.18. The maximum atomic E-state index is 12.7. The molecule has 26 heavy (non-hydrogen) atoms. The SMILES string of the molecule is CCCOc1ccccc1/C=C/C(=O)N(CCC(=O)OCC)C(C)CC. The molecule has 0 aliphatic rings. The van der Waals surface area contributed by atoms with Gasteiger partial charge in [-0.25, -0.2) is 0 Å². The number of ether oxygens (including phenoxy) is 2. The summed E-state index contributed by atoms with van der Waals surface area (Å²) in [6.45, 7) is 9.17. The Kier molecular flexibility index (Phi) is 10.1. The van der Waals surface area contributed by atoms with Gasteiger partial charge in [-0.15, -0.1) is 0 Å². The van der Waals surface area contributed by atoms with E-state index >= 15 is 0 Å². The number of esters is 1. The van der Waals surface area contributed by atoms with Crippen LogP contribution in [0.3, 0.4) is 0 Å². The summed E-state index contributed by atoms with van der Waals surface area (Å²) >= 11 is 0. The molecule has 5 nitrogen and oxygen atoms in total. The van der Waals surface area contributed by atoms with Gasteiger partial charge in [-0.2, -0.15) is 0 Å². The fourth-order valence-corrected chi connectivity index (χ4v) is 2.43. The molecule has 1 amide bonds. The Balaban J connectivity index is 2.82. The lowest BCUT2D eigenvalue weighted by atomic mass is 10.1. The van der Waals surface area contributed by atoms with E-state index in [1.54, 1.807) is 24.0 Å². The number of rotatable bonds is 11. The highest BCUT2D eigenvalue weighted by molar-refractivity contribution is 5.92. The van der Waals surface area contributed by atoms with Crippen LogP contribution in [-0.4, -0.2) is 42.6 Å². The Morgan fingerprint density at radius 3 is 2.58 bits per heavy atom. The normalized spacial score (nSPS) is 12.0. The summed E-state index contributed by atoms with van der Waals surface area (Å²) in [6, 6.07) is 7.69. The lowest BCUT2D eigenvalue weighted by Gasteiger charge is -2.27. The molecular formula is C21H31NO4. The van der Waals surface area contributed by atoms with Gasteiger partial charge in [0.1, 0.15) is 5.75 Å². The van der Waals surface area contributed by atoms with E-state index in [4.69, 9.17) is 9.47 Å². The first-order valence-corrected chi connectivity index (χ1v) is 9.39. The van der Waals surface area contributed by atoms with Crippen molar-refractivity contribution in [1.82, 2.24) is 4.90 Å². The van der Waals surface area contributed by atoms with E-state index in [0.717, 1.165) is 24.2 Å². The van der Waals surface area contributed by atoms with Crippen molar-refractivity contribution in [2.45, 2.75) is 53.0 Å². The van der Waals surface area contributed by atoms with Crippen molar-refractivity contribution >= 4 is 18.0 Å². The summed E-state index contributed by atoms with van der Waals surface area (Å²) in [5.74, 6) is 0.366. The average Bonchev–Trinajstić information content (AvgIpc) is 2.65. The summed E-state index contributed by atoms with van der Waals surface area (Å²) in [5.41, 5.74) is 0.865. The molecule has 0 spiro atoms. The quantitative estimate of drug-likeness (QED) is 0.440. The van der Waals surface area contributed by atoms with E-state index in [1.807, 2.05) is 38.1 Å².